The monoisotopic (exact) mass is 533 g/mol. The number of carbonyl (C=O) groups excluding carboxylic acids is 2. The highest BCUT2D eigenvalue weighted by molar-refractivity contribution is 6.31. The van der Waals surface area contributed by atoms with Crippen LogP contribution in [-0.2, 0) is 19.0 Å². The van der Waals surface area contributed by atoms with E-state index >= 15 is 0 Å². The Labute approximate surface area is 216 Å². The van der Waals surface area contributed by atoms with Crippen molar-refractivity contribution in [2.45, 2.75) is 31.5 Å². The van der Waals surface area contributed by atoms with Crippen molar-refractivity contribution >= 4 is 40.1 Å². The number of piperazine rings is 1. The van der Waals surface area contributed by atoms with Crippen molar-refractivity contribution in [3.63, 3.8) is 0 Å². The van der Waals surface area contributed by atoms with Crippen molar-refractivity contribution in [2.24, 2.45) is 0 Å². The molecule has 37 heavy (non-hydrogen) atoms. The number of aromatic amines is 1. The Morgan fingerprint density at radius 3 is 2.59 bits per heavy atom. The average Bonchev–Trinajstić information content (AvgIpc) is 3.23. The molecule has 0 spiro atoms. The van der Waals surface area contributed by atoms with Gasteiger partial charge in [0.1, 0.15) is 0 Å². The molecule has 3 N–H and O–H groups in total. The number of fused-ring (bicyclic) bond motifs is 3. The Kier molecular flexibility index (Phi) is 6.80. The van der Waals surface area contributed by atoms with Crippen LogP contribution in [0.5, 0.6) is 0 Å². The van der Waals surface area contributed by atoms with Crippen LogP contribution in [0.4, 0.5) is 23.7 Å². The molecule has 2 aromatic carbocycles. The minimum Gasteiger partial charge on any atom is -0.357 e. The predicted octanol–water partition coefficient (Wildman–Crippen LogP) is 4.91. The maximum Gasteiger partial charge on any atom is 0.417 e. The van der Waals surface area contributed by atoms with Gasteiger partial charge in [0.15, 0.2) is 0 Å². The summed E-state index contributed by atoms with van der Waals surface area (Å²) in [7, 11) is 2.04. The Bertz CT molecular complexity index is 1350. The minimum absolute atomic E-state index is 0.00452. The van der Waals surface area contributed by atoms with Crippen LogP contribution >= 0.6 is 11.6 Å². The standard InChI is InChI=1S/C26H27ClF3N5O2/c1-34-9-11-35(12-10-34)24(36)18-4-2-3-17-19-13-15(6-8-22(19)33-23(17)18)31-25(37)32-16-5-7-21(27)20(14-16)26(28,29)30/h2-5,7,14-15,33H,6,8-13H2,1H3,(H2,31,32,37). The number of hydrogen-bond acceptors (Lipinski definition) is 3. The first-order valence-corrected chi connectivity index (χ1v) is 12.5. The van der Waals surface area contributed by atoms with Crippen molar-refractivity contribution < 1.29 is 22.8 Å². The number of aryl methyl sites for hydroxylation is 1. The predicted molar refractivity (Wildman–Crippen MR) is 136 cm³/mol. The first kappa shape index (κ1) is 25.4. The van der Waals surface area contributed by atoms with Crippen LogP contribution in [0.15, 0.2) is 36.4 Å². The number of urea groups is 1. The Hall–Kier alpha value is -3.24. The lowest BCUT2D eigenvalue weighted by Gasteiger charge is -2.32. The molecule has 0 bridgehead atoms. The summed E-state index contributed by atoms with van der Waals surface area (Å²) in [5.41, 5.74) is 2.54. The fourth-order valence-electron chi connectivity index (χ4n) is 5.10. The van der Waals surface area contributed by atoms with Gasteiger partial charge in [-0.3, -0.25) is 4.79 Å². The lowest BCUT2D eigenvalue weighted by Crippen LogP contribution is -2.47. The zero-order valence-corrected chi connectivity index (χ0v) is 21.0. The first-order valence-electron chi connectivity index (χ1n) is 12.1. The number of anilines is 1. The smallest absolute Gasteiger partial charge is 0.357 e. The molecule has 196 valence electrons. The van der Waals surface area contributed by atoms with Crippen molar-refractivity contribution in [3.8, 4) is 0 Å². The number of nitrogens with one attached hydrogen (secondary N) is 3. The quantitative estimate of drug-likeness (QED) is 0.448. The van der Waals surface area contributed by atoms with E-state index in [-0.39, 0.29) is 17.6 Å². The van der Waals surface area contributed by atoms with E-state index in [9.17, 15) is 22.8 Å². The molecule has 2 aliphatic rings. The third kappa shape index (κ3) is 5.26. The molecule has 3 amide bonds. The van der Waals surface area contributed by atoms with Crippen LogP contribution in [0, 0.1) is 0 Å². The minimum atomic E-state index is -4.62. The molecule has 1 aromatic heterocycles. The zero-order chi connectivity index (χ0) is 26.3. The average molecular weight is 534 g/mol. The van der Waals surface area contributed by atoms with Gasteiger partial charge in [0, 0.05) is 49.0 Å². The van der Waals surface area contributed by atoms with E-state index in [1.165, 1.54) is 6.07 Å². The molecule has 1 saturated heterocycles. The van der Waals surface area contributed by atoms with Crippen LogP contribution in [0.2, 0.25) is 5.02 Å². The van der Waals surface area contributed by atoms with Gasteiger partial charge < -0.3 is 25.4 Å². The number of likely N-dealkylation sites (N-methyl/N-ethyl adjacent to an activating group) is 1. The molecule has 1 aliphatic carbocycles. The van der Waals surface area contributed by atoms with Gasteiger partial charge in [0.25, 0.3) is 5.91 Å². The number of H-pyrrole nitrogens is 1. The van der Waals surface area contributed by atoms with Crippen molar-refractivity contribution in [2.75, 3.05) is 38.5 Å². The Morgan fingerprint density at radius 2 is 1.86 bits per heavy atom. The van der Waals surface area contributed by atoms with E-state index in [0.29, 0.717) is 37.9 Å². The van der Waals surface area contributed by atoms with Gasteiger partial charge in [-0.15, -0.1) is 0 Å². The van der Waals surface area contributed by atoms with Gasteiger partial charge in [-0.25, -0.2) is 4.79 Å². The summed E-state index contributed by atoms with van der Waals surface area (Å²) in [4.78, 5) is 33.4. The fourth-order valence-corrected chi connectivity index (χ4v) is 5.32. The third-order valence-corrected chi connectivity index (χ3v) is 7.44. The molecule has 5 rings (SSSR count). The normalized spacial score (nSPS) is 18.5. The van der Waals surface area contributed by atoms with E-state index in [0.717, 1.165) is 47.4 Å². The molecule has 1 fully saturated rings. The SMILES string of the molecule is CN1CCN(C(=O)c2cccc3c4c([nH]c23)CCC(NC(=O)Nc2ccc(Cl)c(C(F)(F)F)c2)C4)CC1. The topological polar surface area (TPSA) is 80.5 Å². The van der Waals surface area contributed by atoms with Crippen LogP contribution in [0.1, 0.15) is 33.6 Å². The summed E-state index contributed by atoms with van der Waals surface area (Å²) in [5.74, 6) is 0.00698. The summed E-state index contributed by atoms with van der Waals surface area (Å²) in [6.45, 7) is 3.05. The zero-order valence-electron chi connectivity index (χ0n) is 20.2. The molecule has 1 atom stereocenters. The van der Waals surface area contributed by atoms with Crippen LogP contribution in [-0.4, -0.2) is 66.0 Å². The molecule has 1 aliphatic heterocycles. The molecule has 0 saturated carbocycles. The number of rotatable bonds is 3. The number of hydrogen-bond donors (Lipinski definition) is 3. The molecular formula is C26H27ClF3N5O2. The van der Waals surface area contributed by atoms with Gasteiger partial charge in [0.05, 0.1) is 21.7 Å². The molecule has 1 unspecified atom stereocenters. The van der Waals surface area contributed by atoms with Crippen molar-refractivity contribution in [1.29, 1.82) is 0 Å². The number of benzene rings is 2. The van der Waals surface area contributed by atoms with E-state index in [4.69, 9.17) is 11.6 Å². The number of para-hydroxylation sites is 1. The molecule has 2 heterocycles. The van der Waals surface area contributed by atoms with E-state index in [1.54, 1.807) is 0 Å². The van der Waals surface area contributed by atoms with Gasteiger partial charge in [0.2, 0.25) is 0 Å². The van der Waals surface area contributed by atoms with Crippen LogP contribution in [0.3, 0.4) is 0 Å². The second-order valence-corrected chi connectivity index (χ2v) is 10.0. The van der Waals surface area contributed by atoms with Crippen LogP contribution in [0.25, 0.3) is 10.9 Å². The lowest BCUT2D eigenvalue weighted by molar-refractivity contribution is -0.137. The van der Waals surface area contributed by atoms with Gasteiger partial charge in [-0.1, -0.05) is 23.7 Å². The Balaban J connectivity index is 1.30. The maximum atomic E-state index is 13.3. The summed E-state index contributed by atoms with van der Waals surface area (Å²) in [6, 6.07) is 8.15. The van der Waals surface area contributed by atoms with E-state index in [2.05, 4.69) is 20.5 Å². The van der Waals surface area contributed by atoms with Gasteiger partial charge in [-0.05, 0) is 56.1 Å². The van der Waals surface area contributed by atoms with Crippen LogP contribution < -0.4 is 10.6 Å². The number of aromatic nitrogens is 1. The molecule has 0 radical (unpaired) electrons. The molecule has 3 aromatic rings. The number of alkyl halides is 3. The summed E-state index contributed by atoms with van der Waals surface area (Å²) >= 11 is 5.66. The summed E-state index contributed by atoms with van der Waals surface area (Å²) in [5, 5.41) is 5.87. The highest BCUT2D eigenvalue weighted by Crippen LogP contribution is 2.36. The number of amides is 3. The summed E-state index contributed by atoms with van der Waals surface area (Å²) < 4.78 is 39.4. The molecule has 11 heteroatoms. The van der Waals surface area contributed by atoms with E-state index in [1.807, 2.05) is 30.1 Å². The van der Waals surface area contributed by atoms with Gasteiger partial charge >= 0.3 is 12.2 Å². The molecular weight excluding hydrogens is 507 g/mol. The first-order chi connectivity index (χ1) is 17.6. The van der Waals surface area contributed by atoms with Crippen molar-refractivity contribution in [3.05, 3.63) is 63.8 Å². The summed E-state index contributed by atoms with van der Waals surface area (Å²) in [6.07, 6.45) is -2.74. The van der Waals surface area contributed by atoms with Crippen molar-refractivity contribution in [1.82, 2.24) is 20.1 Å². The highest BCUT2D eigenvalue weighted by atomic mass is 35.5. The number of halogens is 4. The van der Waals surface area contributed by atoms with E-state index < -0.39 is 22.8 Å². The highest BCUT2D eigenvalue weighted by Gasteiger charge is 2.33. The third-order valence-electron chi connectivity index (χ3n) is 7.11. The fraction of sp³-hybridized carbons (Fsp3) is 0.385. The number of carbonyl (C=O) groups is 2. The lowest BCUT2D eigenvalue weighted by atomic mass is 9.91. The maximum absolute atomic E-state index is 13.3. The largest absolute Gasteiger partial charge is 0.417 e. The molecule has 7 nitrogen and oxygen atoms in total. The second-order valence-electron chi connectivity index (χ2n) is 9.64. The Morgan fingerprint density at radius 1 is 1.11 bits per heavy atom. The second kappa shape index (κ2) is 9.90. The number of nitrogens with zero attached hydrogens (tertiary/aromatic N) is 2. The van der Waals surface area contributed by atoms with Gasteiger partial charge in [-0.2, -0.15) is 13.2 Å².